The number of rotatable bonds is 3. The Hall–Kier alpha value is -2.42. The highest BCUT2D eigenvalue weighted by molar-refractivity contribution is 6.04. The number of hydrogen-bond donors (Lipinski definition) is 1. The number of ketones is 1. The minimum Gasteiger partial charge on any atom is -0.427 e. The molecule has 0 aromatic carbocycles. The van der Waals surface area contributed by atoms with Gasteiger partial charge in [-0.3, -0.25) is 9.59 Å². The number of Topliss-reactive ketones (excluding diaryl/α,β-unsaturated/α-hetero) is 1. The van der Waals surface area contributed by atoms with Crippen LogP contribution in [0.15, 0.2) is 15.3 Å². The molecule has 1 aromatic heterocycles. The summed E-state index contributed by atoms with van der Waals surface area (Å²) in [6, 6.07) is 2.68. The molecule has 1 heterocycles. The number of aryl methyl sites for hydroxylation is 1. The molecule has 0 bridgehead atoms. The highest BCUT2D eigenvalue weighted by Crippen LogP contribution is 2.18. The van der Waals surface area contributed by atoms with Gasteiger partial charge in [0.2, 0.25) is 5.91 Å². The summed E-state index contributed by atoms with van der Waals surface area (Å²) in [5.41, 5.74) is -0.456. The minimum atomic E-state index is -0.667. The van der Waals surface area contributed by atoms with Crippen LogP contribution in [-0.2, 0) is 4.79 Å². The van der Waals surface area contributed by atoms with E-state index in [0.717, 1.165) is 6.07 Å². The zero-order chi connectivity index (χ0) is 13.0. The number of amides is 1. The van der Waals surface area contributed by atoms with Crippen LogP contribution in [0.5, 0.6) is 0 Å². The first-order valence-electron chi connectivity index (χ1n) is 4.78. The Bertz CT molecular complexity index is 566. The molecule has 1 aromatic rings. The molecule has 0 aliphatic rings. The molecular weight excluding hydrogens is 224 g/mol. The normalized spacial score (nSPS) is 9.47. The van der Waals surface area contributed by atoms with Gasteiger partial charge in [-0.25, -0.2) is 4.79 Å². The predicted octanol–water partition coefficient (Wildman–Crippen LogP) is 1.00. The second kappa shape index (κ2) is 5.07. The van der Waals surface area contributed by atoms with E-state index < -0.39 is 11.5 Å². The lowest BCUT2D eigenvalue weighted by molar-refractivity contribution is -0.115. The molecule has 6 heteroatoms. The Kier molecular flexibility index (Phi) is 3.78. The van der Waals surface area contributed by atoms with Crippen LogP contribution in [0.25, 0.3) is 0 Å². The smallest absolute Gasteiger partial charge is 0.337 e. The molecule has 6 nitrogen and oxygen atoms in total. The maximum absolute atomic E-state index is 11.4. The summed E-state index contributed by atoms with van der Waals surface area (Å²) < 4.78 is 4.76. The molecule has 0 aliphatic heterocycles. The van der Waals surface area contributed by atoms with Crippen molar-refractivity contribution < 1.29 is 14.0 Å². The van der Waals surface area contributed by atoms with E-state index in [0.29, 0.717) is 0 Å². The third-order valence-corrected chi connectivity index (χ3v) is 2.00. The zero-order valence-corrected chi connectivity index (χ0v) is 9.36. The number of carbonyl (C=O) groups excluding carboxylic acids is 2. The summed E-state index contributed by atoms with van der Waals surface area (Å²) in [7, 11) is 0. The van der Waals surface area contributed by atoms with Gasteiger partial charge in [0, 0.05) is 6.07 Å². The van der Waals surface area contributed by atoms with Crippen LogP contribution in [0.2, 0.25) is 0 Å². The molecule has 1 N–H and O–H groups in total. The Morgan fingerprint density at radius 3 is 2.71 bits per heavy atom. The number of carbonyl (C=O) groups is 2. The van der Waals surface area contributed by atoms with Crippen molar-refractivity contribution in [2.24, 2.45) is 0 Å². The predicted molar refractivity (Wildman–Crippen MR) is 58.6 cm³/mol. The Morgan fingerprint density at radius 2 is 2.18 bits per heavy atom. The maximum atomic E-state index is 11.4. The van der Waals surface area contributed by atoms with Crippen molar-refractivity contribution in [3.8, 4) is 6.07 Å². The molecule has 0 atom stereocenters. The topological polar surface area (TPSA) is 100 Å². The van der Waals surface area contributed by atoms with Crippen LogP contribution in [-0.4, -0.2) is 11.7 Å². The number of nitrogens with zero attached hydrogens (tertiary/aromatic N) is 1. The van der Waals surface area contributed by atoms with E-state index in [1.54, 1.807) is 6.07 Å². The van der Waals surface area contributed by atoms with Crippen LogP contribution in [0.4, 0.5) is 5.69 Å². The van der Waals surface area contributed by atoms with Crippen LogP contribution >= 0.6 is 0 Å². The second-order valence-electron chi connectivity index (χ2n) is 3.35. The zero-order valence-electron chi connectivity index (χ0n) is 9.36. The maximum Gasteiger partial charge on any atom is 0.337 e. The van der Waals surface area contributed by atoms with Crippen molar-refractivity contribution >= 4 is 17.4 Å². The summed E-state index contributed by atoms with van der Waals surface area (Å²) in [6.07, 6.45) is -0.351. The highest BCUT2D eigenvalue weighted by atomic mass is 16.4. The first-order valence-corrected chi connectivity index (χ1v) is 4.78. The highest BCUT2D eigenvalue weighted by Gasteiger charge is 2.15. The molecule has 0 radical (unpaired) electrons. The molecule has 0 aliphatic carbocycles. The van der Waals surface area contributed by atoms with Gasteiger partial charge in [0.05, 0.1) is 17.3 Å². The van der Waals surface area contributed by atoms with Gasteiger partial charge in [0.15, 0.2) is 5.78 Å². The molecule has 0 unspecified atom stereocenters. The summed E-state index contributed by atoms with van der Waals surface area (Å²) in [6.45, 7) is 2.75. The molecule has 88 valence electrons. The summed E-state index contributed by atoms with van der Waals surface area (Å²) >= 11 is 0. The van der Waals surface area contributed by atoms with Gasteiger partial charge in [-0.1, -0.05) is 0 Å². The van der Waals surface area contributed by atoms with E-state index in [4.69, 9.17) is 9.68 Å². The van der Waals surface area contributed by atoms with Crippen LogP contribution in [0, 0.1) is 18.3 Å². The monoisotopic (exact) mass is 234 g/mol. The summed E-state index contributed by atoms with van der Waals surface area (Å²) in [5, 5.41) is 10.7. The number of anilines is 1. The van der Waals surface area contributed by atoms with E-state index in [-0.39, 0.29) is 29.2 Å². The molecule has 1 amide bonds. The van der Waals surface area contributed by atoms with Gasteiger partial charge in [0.1, 0.15) is 12.2 Å². The fraction of sp³-hybridized carbons (Fsp3) is 0.273. The molecular formula is C11H10N2O4. The fourth-order valence-electron chi connectivity index (χ4n) is 1.41. The number of nitriles is 1. The van der Waals surface area contributed by atoms with Crippen molar-refractivity contribution in [3.63, 3.8) is 0 Å². The first-order chi connectivity index (χ1) is 7.95. The van der Waals surface area contributed by atoms with Gasteiger partial charge in [0.25, 0.3) is 0 Å². The quantitative estimate of drug-likeness (QED) is 0.786. The lowest BCUT2D eigenvalue weighted by Crippen LogP contribution is -2.16. The average molecular weight is 234 g/mol. The minimum absolute atomic E-state index is 0.0755. The van der Waals surface area contributed by atoms with Gasteiger partial charge in [-0.2, -0.15) is 5.26 Å². The van der Waals surface area contributed by atoms with Crippen LogP contribution < -0.4 is 10.9 Å². The third kappa shape index (κ3) is 3.01. The van der Waals surface area contributed by atoms with Crippen molar-refractivity contribution in [2.75, 3.05) is 5.32 Å². The van der Waals surface area contributed by atoms with E-state index in [1.165, 1.54) is 13.8 Å². The summed E-state index contributed by atoms with van der Waals surface area (Å²) in [5.74, 6) is -0.782. The third-order valence-electron chi connectivity index (χ3n) is 2.00. The summed E-state index contributed by atoms with van der Waals surface area (Å²) in [4.78, 5) is 33.7. The van der Waals surface area contributed by atoms with Crippen molar-refractivity contribution in [1.29, 1.82) is 5.26 Å². The molecule has 1 rings (SSSR count). The van der Waals surface area contributed by atoms with E-state index in [9.17, 15) is 14.4 Å². The number of nitrogens with one attached hydrogen (secondary N) is 1. The SMILES string of the molecule is CC(=O)c1c(NC(=O)CC#N)cc(=O)oc1C. The molecule has 0 spiro atoms. The van der Waals surface area contributed by atoms with Crippen molar-refractivity contribution in [3.05, 3.63) is 27.8 Å². The van der Waals surface area contributed by atoms with Gasteiger partial charge in [-0.15, -0.1) is 0 Å². The molecule has 0 saturated carbocycles. The second-order valence-corrected chi connectivity index (χ2v) is 3.35. The lowest BCUT2D eigenvalue weighted by Gasteiger charge is -2.08. The molecule has 0 saturated heterocycles. The van der Waals surface area contributed by atoms with Gasteiger partial charge >= 0.3 is 5.63 Å². The van der Waals surface area contributed by atoms with Gasteiger partial charge in [-0.05, 0) is 13.8 Å². The largest absolute Gasteiger partial charge is 0.427 e. The molecule has 17 heavy (non-hydrogen) atoms. The van der Waals surface area contributed by atoms with Crippen LogP contribution in [0.3, 0.4) is 0 Å². The van der Waals surface area contributed by atoms with Crippen molar-refractivity contribution in [1.82, 2.24) is 0 Å². The Balaban J connectivity index is 3.22. The Morgan fingerprint density at radius 1 is 1.53 bits per heavy atom. The van der Waals surface area contributed by atoms with Crippen molar-refractivity contribution in [2.45, 2.75) is 20.3 Å². The van der Waals surface area contributed by atoms with E-state index in [2.05, 4.69) is 5.32 Å². The van der Waals surface area contributed by atoms with Crippen LogP contribution in [0.1, 0.15) is 29.5 Å². The number of hydrogen-bond acceptors (Lipinski definition) is 5. The molecule has 0 fully saturated rings. The average Bonchev–Trinajstić information content (AvgIpc) is 2.15. The lowest BCUT2D eigenvalue weighted by atomic mass is 10.1. The fourth-order valence-corrected chi connectivity index (χ4v) is 1.41. The first kappa shape index (κ1) is 12.6. The Labute approximate surface area is 96.9 Å². The van der Waals surface area contributed by atoms with E-state index in [1.807, 2.05) is 0 Å². The van der Waals surface area contributed by atoms with E-state index >= 15 is 0 Å². The van der Waals surface area contributed by atoms with Gasteiger partial charge < -0.3 is 9.73 Å². The standard InChI is InChI=1S/C11H10N2O4/c1-6(14)11-7(2)17-10(16)5-8(11)13-9(15)3-4-12/h5H,3H2,1-2H3,(H,13,15).